The highest BCUT2D eigenvalue weighted by Gasteiger charge is 2.35. The van der Waals surface area contributed by atoms with Gasteiger partial charge in [0.05, 0.1) is 0 Å². The van der Waals surface area contributed by atoms with Gasteiger partial charge in [0.2, 0.25) is 0 Å². The van der Waals surface area contributed by atoms with Gasteiger partial charge in [0.25, 0.3) is 0 Å². The molecule has 7 heteroatoms. The fourth-order valence-electron chi connectivity index (χ4n) is 1.55. The standard InChI is InChI=1S/C14H25O7/c1-6-11(15)13(20-9-17-4)14(21-10-18-5)12(7-2)19-8-16-3/h6-7,12-15H,1-2,8-10H2,3-5H3. The monoisotopic (exact) mass is 305 g/mol. The van der Waals surface area contributed by atoms with E-state index in [0.29, 0.717) is 0 Å². The molecule has 0 rings (SSSR count). The van der Waals surface area contributed by atoms with E-state index >= 15 is 0 Å². The van der Waals surface area contributed by atoms with Crippen LogP contribution in [0, 0.1) is 6.10 Å². The van der Waals surface area contributed by atoms with Crippen LogP contribution in [0.1, 0.15) is 0 Å². The highest BCUT2D eigenvalue weighted by Crippen LogP contribution is 2.21. The van der Waals surface area contributed by atoms with Gasteiger partial charge in [-0.1, -0.05) is 12.2 Å². The number of aliphatic hydroxyl groups is 1. The van der Waals surface area contributed by atoms with Gasteiger partial charge in [-0.15, -0.1) is 13.2 Å². The number of hydrogen-bond donors (Lipinski definition) is 1. The van der Waals surface area contributed by atoms with Crippen LogP contribution in [-0.4, -0.2) is 65.1 Å². The van der Waals surface area contributed by atoms with Crippen LogP contribution in [0.25, 0.3) is 0 Å². The zero-order chi connectivity index (χ0) is 16.1. The SMILES string of the molecule is C=C[C](O)C(OCOC)C(OCOC)C(C=C)OCOC. The summed E-state index contributed by atoms with van der Waals surface area (Å²) in [5.41, 5.74) is 0. The summed E-state index contributed by atoms with van der Waals surface area (Å²) in [6.07, 6.45) is 0.520. The van der Waals surface area contributed by atoms with Gasteiger partial charge in [0.15, 0.2) is 0 Å². The second-order valence-electron chi connectivity index (χ2n) is 3.93. The van der Waals surface area contributed by atoms with Crippen molar-refractivity contribution in [1.29, 1.82) is 0 Å². The molecule has 0 saturated carbocycles. The lowest BCUT2D eigenvalue weighted by Gasteiger charge is -2.32. The second-order valence-corrected chi connectivity index (χ2v) is 3.93. The Morgan fingerprint density at radius 1 is 0.952 bits per heavy atom. The smallest absolute Gasteiger partial charge is 0.147 e. The molecular formula is C14H25O7. The molecule has 0 spiro atoms. The quantitative estimate of drug-likeness (QED) is 0.382. The normalized spacial score (nSPS) is 15.7. The van der Waals surface area contributed by atoms with Gasteiger partial charge in [0.1, 0.15) is 44.8 Å². The third kappa shape index (κ3) is 7.68. The Labute approximate surface area is 126 Å². The van der Waals surface area contributed by atoms with Crippen molar-refractivity contribution in [3.8, 4) is 0 Å². The lowest BCUT2D eigenvalue weighted by molar-refractivity contribution is -0.200. The average molecular weight is 305 g/mol. The predicted octanol–water partition coefficient (Wildman–Crippen LogP) is 1.23. The van der Waals surface area contributed by atoms with Gasteiger partial charge in [-0.2, -0.15) is 0 Å². The minimum atomic E-state index is -0.850. The van der Waals surface area contributed by atoms with Crippen molar-refractivity contribution in [1.82, 2.24) is 0 Å². The maximum Gasteiger partial charge on any atom is 0.147 e. The molecule has 0 heterocycles. The Morgan fingerprint density at radius 2 is 1.48 bits per heavy atom. The second kappa shape index (κ2) is 12.9. The zero-order valence-electron chi connectivity index (χ0n) is 12.8. The van der Waals surface area contributed by atoms with Crippen LogP contribution in [0.4, 0.5) is 0 Å². The molecule has 3 unspecified atom stereocenters. The minimum absolute atomic E-state index is 0.0113. The van der Waals surface area contributed by atoms with Gasteiger partial charge < -0.3 is 33.5 Å². The predicted molar refractivity (Wildman–Crippen MR) is 75.8 cm³/mol. The van der Waals surface area contributed by atoms with Crippen LogP contribution >= 0.6 is 0 Å². The van der Waals surface area contributed by atoms with E-state index < -0.39 is 18.3 Å². The summed E-state index contributed by atoms with van der Waals surface area (Å²) in [6, 6.07) is 0. The van der Waals surface area contributed by atoms with Crippen LogP contribution in [0.5, 0.6) is 0 Å². The van der Waals surface area contributed by atoms with Gasteiger partial charge >= 0.3 is 0 Å². The molecule has 0 saturated heterocycles. The van der Waals surface area contributed by atoms with E-state index in [9.17, 15) is 5.11 Å². The fourth-order valence-corrected chi connectivity index (χ4v) is 1.55. The first kappa shape index (κ1) is 20.2. The molecule has 21 heavy (non-hydrogen) atoms. The van der Waals surface area contributed by atoms with Crippen molar-refractivity contribution in [2.45, 2.75) is 18.3 Å². The first-order valence-electron chi connectivity index (χ1n) is 6.28. The molecule has 3 atom stereocenters. The molecule has 0 aromatic rings. The van der Waals surface area contributed by atoms with Crippen molar-refractivity contribution in [2.75, 3.05) is 41.7 Å². The first-order valence-corrected chi connectivity index (χ1v) is 6.28. The highest BCUT2D eigenvalue weighted by molar-refractivity contribution is 5.08. The molecular weight excluding hydrogens is 280 g/mol. The summed E-state index contributed by atoms with van der Waals surface area (Å²) in [5.74, 6) is 0. The third-order valence-electron chi connectivity index (χ3n) is 2.48. The van der Waals surface area contributed by atoms with E-state index in [-0.39, 0.29) is 26.5 Å². The maximum absolute atomic E-state index is 9.96. The van der Waals surface area contributed by atoms with Crippen LogP contribution in [0.2, 0.25) is 0 Å². The Balaban J connectivity index is 5.05. The summed E-state index contributed by atoms with van der Waals surface area (Å²) < 4.78 is 31.0. The highest BCUT2D eigenvalue weighted by atomic mass is 16.7. The lowest BCUT2D eigenvalue weighted by Crippen LogP contribution is -2.45. The molecule has 7 nitrogen and oxygen atoms in total. The van der Waals surface area contributed by atoms with Crippen molar-refractivity contribution >= 4 is 0 Å². The lowest BCUT2D eigenvalue weighted by atomic mass is 10.0. The fraction of sp³-hybridized carbons (Fsp3) is 0.643. The van der Waals surface area contributed by atoms with Crippen molar-refractivity contribution in [3.05, 3.63) is 31.4 Å². The zero-order valence-corrected chi connectivity index (χ0v) is 12.8. The van der Waals surface area contributed by atoms with Gasteiger partial charge in [0, 0.05) is 21.3 Å². The summed E-state index contributed by atoms with van der Waals surface area (Å²) in [5, 5.41) is 9.96. The van der Waals surface area contributed by atoms with Gasteiger partial charge in [-0.05, 0) is 0 Å². The van der Waals surface area contributed by atoms with E-state index in [1.807, 2.05) is 0 Å². The van der Waals surface area contributed by atoms with Crippen molar-refractivity contribution in [2.24, 2.45) is 0 Å². The number of rotatable bonds is 14. The summed E-state index contributed by atoms with van der Waals surface area (Å²) in [4.78, 5) is 0. The molecule has 0 aliphatic carbocycles. The van der Waals surface area contributed by atoms with Crippen LogP contribution in [-0.2, 0) is 28.4 Å². The summed E-state index contributed by atoms with van der Waals surface area (Å²) >= 11 is 0. The molecule has 1 N–H and O–H groups in total. The van der Waals surface area contributed by atoms with Crippen molar-refractivity contribution in [3.63, 3.8) is 0 Å². The van der Waals surface area contributed by atoms with E-state index in [2.05, 4.69) is 13.2 Å². The number of aliphatic hydroxyl groups excluding tert-OH is 1. The Hall–Kier alpha value is -0.800. The largest absolute Gasteiger partial charge is 0.379 e. The molecule has 0 aromatic heterocycles. The topological polar surface area (TPSA) is 75.6 Å². The van der Waals surface area contributed by atoms with Crippen LogP contribution in [0.3, 0.4) is 0 Å². The Morgan fingerprint density at radius 3 is 1.95 bits per heavy atom. The molecule has 0 fully saturated rings. The molecule has 0 aromatic carbocycles. The molecule has 0 aliphatic heterocycles. The Bertz CT molecular complexity index is 272. The first-order chi connectivity index (χ1) is 10.2. The summed E-state index contributed by atoms with van der Waals surface area (Å²) in [6.45, 7) is 7.19. The maximum atomic E-state index is 9.96. The third-order valence-corrected chi connectivity index (χ3v) is 2.48. The number of methoxy groups -OCH3 is 3. The molecule has 0 bridgehead atoms. The van der Waals surface area contributed by atoms with E-state index in [0.717, 1.165) is 0 Å². The number of hydrogen-bond acceptors (Lipinski definition) is 7. The van der Waals surface area contributed by atoms with E-state index in [4.69, 9.17) is 28.4 Å². The summed E-state index contributed by atoms with van der Waals surface area (Å²) in [7, 11) is 4.45. The molecule has 0 amide bonds. The number of ether oxygens (including phenoxy) is 6. The minimum Gasteiger partial charge on any atom is -0.379 e. The van der Waals surface area contributed by atoms with Crippen LogP contribution in [0.15, 0.2) is 25.3 Å². The van der Waals surface area contributed by atoms with E-state index in [1.165, 1.54) is 33.5 Å². The van der Waals surface area contributed by atoms with E-state index in [1.54, 1.807) is 0 Å². The Kier molecular flexibility index (Phi) is 12.4. The molecule has 0 aliphatic rings. The van der Waals surface area contributed by atoms with Crippen molar-refractivity contribution < 1.29 is 33.5 Å². The van der Waals surface area contributed by atoms with Crippen LogP contribution < -0.4 is 0 Å². The average Bonchev–Trinajstić information content (AvgIpc) is 2.51. The molecule has 123 valence electrons. The van der Waals surface area contributed by atoms with Gasteiger partial charge in [-0.25, -0.2) is 0 Å². The molecule has 1 radical (unpaired) electrons. The van der Waals surface area contributed by atoms with Gasteiger partial charge in [-0.3, -0.25) is 0 Å².